The number of rotatable bonds is 6. The zero-order chi connectivity index (χ0) is 24.4. The molecule has 0 unspecified atom stereocenters. The Balaban J connectivity index is 1.25. The van der Waals surface area contributed by atoms with Crippen LogP contribution in [0.3, 0.4) is 0 Å². The van der Waals surface area contributed by atoms with Gasteiger partial charge in [0.15, 0.2) is 0 Å². The summed E-state index contributed by atoms with van der Waals surface area (Å²) in [6.07, 6.45) is 8.19. The number of anilines is 2. The molecule has 0 bridgehead atoms. The summed E-state index contributed by atoms with van der Waals surface area (Å²) in [7, 11) is 0. The lowest BCUT2D eigenvalue weighted by molar-refractivity contribution is -0.131. The van der Waals surface area contributed by atoms with E-state index in [1.54, 1.807) is 36.5 Å². The van der Waals surface area contributed by atoms with E-state index in [0.717, 1.165) is 22.0 Å². The van der Waals surface area contributed by atoms with Crippen LogP contribution in [0.4, 0.5) is 11.4 Å². The second-order valence-corrected chi connectivity index (χ2v) is 8.67. The Bertz CT molecular complexity index is 1460. The minimum absolute atomic E-state index is 0.281. The van der Waals surface area contributed by atoms with E-state index in [9.17, 15) is 9.59 Å². The van der Waals surface area contributed by atoms with Crippen LogP contribution in [0.15, 0.2) is 79.0 Å². The van der Waals surface area contributed by atoms with Gasteiger partial charge in [-0.1, -0.05) is 23.6 Å². The Morgan fingerprint density at radius 3 is 2.14 bits per heavy atom. The molecule has 1 aliphatic carbocycles. The minimum atomic E-state index is -1.03. The maximum atomic E-state index is 12.9. The molecule has 0 saturated heterocycles. The Morgan fingerprint density at radius 1 is 0.914 bits per heavy atom. The molecular formula is C29H23N3O3. The SMILES string of the molecule is C#Cc1ccc2c(Oc3ccc(NC(=O)C4(C(=O)Nc5ccc(C)cc5)CC4)cc3)ccnc2c1. The second kappa shape index (κ2) is 8.96. The van der Waals surface area contributed by atoms with Crippen LogP contribution in [0.25, 0.3) is 10.9 Å². The van der Waals surface area contributed by atoms with Crippen LogP contribution in [0, 0.1) is 24.7 Å². The second-order valence-electron chi connectivity index (χ2n) is 8.67. The monoisotopic (exact) mass is 461 g/mol. The van der Waals surface area contributed by atoms with E-state index in [1.165, 1.54) is 0 Å². The number of amides is 2. The Morgan fingerprint density at radius 2 is 1.54 bits per heavy atom. The van der Waals surface area contributed by atoms with Gasteiger partial charge in [0.1, 0.15) is 16.9 Å². The summed E-state index contributed by atoms with van der Waals surface area (Å²) in [6.45, 7) is 1.98. The fourth-order valence-electron chi connectivity index (χ4n) is 3.85. The molecule has 172 valence electrons. The van der Waals surface area contributed by atoms with Crippen LogP contribution in [0.1, 0.15) is 24.0 Å². The van der Waals surface area contributed by atoms with Crippen molar-refractivity contribution in [3.8, 4) is 23.8 Å². The van der Waals surface area contributed by atoms with Crippen molar-refractivity contribution in [1.82, 2.24) is 4.98 Å². The first kappa shape index (κ1) is 22.2. The first-order valence-electron chi connectivity index (χ1n) is 11.3. The zero-order valence-corrected chi connectivity index (χ0v) is 19.2. The lowest BCUT2D eigenvalue weighted by atomic mass is 10.0. The van der Waals surface area contributed by atoms with Crippen molar-refractivity contribution in [2.24, 2.45) is 5.41 Å². The number of hydrogen-bond donors (Lipinski definition) is 2. The lowest BCUT2D eigenvalue weighted by Gasteiger charge is -2.16. The molecule has 3 aromatic carbocycles. The average Bonchev–Trinajstić information content (AvgIpc) is 3.69. The number of aryl methyl sites for hydroxylation is 1. The van der Waals surface area contributed by atoms with Gasteiger partial charge in [-0.15, -0.1) is 6.42 Å². The highest BCUT2D eigenvalue weighted by atomic mass is 16.5. The molecular weight excluding hydrogens is 438 g/mol. The minimum Gasteiger partial charge on any atom is -0.457 e. The van der Waals surface area contributed by atoms with Crippen molar-refractivity contribution < 1.29 is 14.3 Å². The van der Waals surface area contributed by atoms with E-state index in [-0.39, 0.29) is 11.8 Å². The number of ether oxygens (including phenoxy) is 1. The predicted molar refractivity (Wildman–Crippen MR) is 136 cm³/mol. The molecule has 1 fully saturated rings. The highest BCUT2D eigenvalue weighted by molar-refractivity contribution is 6.16. The number of nitrogens with one attached hydrogen (secondary N) is 2. The zero-order valence-electron chi connectivity index (χ0n) is 19.2. The van der Waals surface area contributed by atoms with Gasteiger partial charge in [-0.2, -0.15) is 0 Å². The summed E-state index contributed by atoms with van der Waals surface area (Å²) < 4.78 is 6.05. The van der Waals surface area contributed by atoms with E-state index in [1.807, 2.05) is 49.4 Å². The molecule has 0 atom stereocenters. The number of carbonyl (C=O) groups excluding carboxylic acids is 2. The van der Waals surface area contributed by atoms with E-state index < -0.39 is 5.41 Å². The molecule has 5 rings (SSSR count). The first-order chi connectivity index (χ1) is 17.0. The van der Waals surface area contributed by atoms with Crippen LogP contribution < -0.4 is 15.4 Å². The largest absolute Gasteiger partial charge is 0.457 e. The Kier molecular flexibility index (Phi) is 5.68. The standard InChI is InChI=1S/C29H23N3O3/c1-3-20-6-13-24-25(18-20)30-17-14-26(24)35-23-11-9-22(10-12-23)32-28(34)29(15-16-29)27(33)31-21-7-4-19(2)5-8-21/h1,4-14,17-18H,15-16H2,2H3,(H,31,33)(H,32,34). The van der Waals surface area contributed by atoms with E-state index in [0.29, 0.717) is 35.7 Å². The van der Waals surface area contributed by atoms with Gasteiger partial charge in [0, 0.05) is 28.5 Å². The van der Waals surface area contributed by atoms with Crippen molar-refractivity contribution in [3.63, 3.8) is 0 Å². The average molecular weight is 462 g/mol. The molecule has 0 aliphatic heterocycles. The van der Waals surface area contributed by atoms with Gasteiger partial charge < -0.3 is 15.4 Å². The lowest BCUT2D eigenvalue weighted by Crippen LogP contribution is -2.35. The molecule has 1 aliphatic rings. The summed E-state index contributed by atoms with van der Waals surface area (Å²) in [6, 6.07) is 21.9. The molecule has 2 N–H and O–H groups in total. The van der Waals surface area contributed by atoms with Gasteiger partial charge in [0.2, 0.25) is 11.8 Å². The maximum Gasteiger partial charge on any atom is 0.240 e. The van der Waals surface area contributed by atoms with Gasteiger partial charge in [-0.25, -0.2) is 0 Å². The summed E-state index contributed by atoms with van der Waals surface area (Å²) in [5.74, 6) is 3.28. The number of nitrogens with zero attached hydrogens (tertiary/aromatic N) is 1. The smallest absolute Gasteiger partial charge is 0.240 e. The summed E-state index contributed by atoms with van der Waals surface area (Å²) in [5, 5.41) is 6.58. The normalized spacial score (nSPS) is 13.5. The molecule has 4 aromatic rings. The number of terminal acetylenes is 1. The molecule has 35 heavy (non-hydrogen) atoms. The van der Waals surface area contributed by atoms with Crippen LogP contribution in [0.2, 0.25) is 0 Å². The van der Waals surface area contributed by atoms with Gasteiger partial charge in [0.05, 0.1) is 5.52 Å². The van der Waals surface area contributed by atoms with Crippen molar-refractivity contribution in [2.75, 3.05) is 10.6 Å². The molecule has 1 aromatic heterocycles. The summed E-state index contributed by atoms with van der Waals surface area (Å²) in [5.41, 5.74) is 2.84. The maximum absolute atomic E-state index is 12.9. The number of benzene rings is 3. The number of carbonyl (C=O) groups is 2. The third-order valence-corrected chi connectivity index (χ3v) is 6.14. The van der Waals surface area contributed by atoms with Crippen LogP contribution >= 0.6 is 0 Å². The van der Waals surface area contributed by atoms with Gasteiger partial charge in [-0.05, 0) is 80.4 Å². The van der Waals surface area contributed by atoms with Gasteiger partial charge >= 0.3 is 0 Å². The fraction of sp³-hybridized carbons (Fsp3) is 0.138. The Hall–Kier alpha value is -4.63. The van der Waals surface area contributed by atoms with E-state index in [4.69, 9.17) is 11.2 Å². The molecule has 6 nitrogen and oxygen atoms in total. The van der Waals surface area contributed by atoms with Crippen molar-refractivity contribution >= 4 is 34.1 Å². The van der Waals surface area contributed by atoms with Crippen LogP contribution in [0.5, 0.6) is 11.5 Å². The predicted octanol–water partition coefficient (Wildman–Crippen LogP) is 5.67. The molecule has 0 radical (unpaired) electrons. The van der Waals surface area contributed by atoms with Crippen molar-refractivity contribution in [2.45, 2.75) is 19.8 Å². The first-order valence-corrected chi connectivity index (χ1v) is 11.3. The van der Waals surface area contributed by atoms with E-state index in [2.05, 4.69) is 21.5 Å². The highest BCUT2D eigenvalue weighted by Crippen LogP contribution is 2.47. The van der Waals surface area contributed by atoms with Crippen molar-refractivity contribution in [1.29, 1.82) is 0 Å². The number of aromatic nitrogens is 1. The molecule has 1 heterocycles. The van der Waals surface area contributed by atoms with Crippen molar-refractivity contribution in [3.05, 3.63) is 90.1 Å². The van der Waals surface area contributed by atoms with Crippen LogP contribution in [-0.4, -0.2) is 16.8 Å². The third-order valence-electron chi connectivity index (χ3n) is 6.14. The quantitative estimate of drug-likeness (QED) is 0.286. The van der Waals surface area contributed by atoms with Gasteiger partial charge in [0.25, 0.3) is 0 Å². The topological polar surface area (TPSA) is 80.3 Å². The summed E-state index contributed by atoms with van der Waals surface area (Å²) in [4.78, 5) is 30.1. The number of hydrogen-bond acceptors (Lipinski definition) is 4. The summed E-state index contributed by atoms with van der Waals surface area (Å²) >= 11 is 0. The fourth-order valence-corrected chi connectivity index (χ4v) is 3.85. The van der Waals surface area contributed by atoms with Crippen LogP contribution in [-0.2, 0) is 9.59 Å². The molecule has 2 amide bonds. The molecule has 1 saturated carbocycles. The molecule has 6 heteroatoms. The third kappa shape index (κ3) is 4.57. The molecule has 0 spiro atoms. The highest BCUT2D eigenvalue weighted by Gasteiger charge is 2.56. The Labute approximate surface area is 203 Å². The van der Waals surface area contributed by atoms with Gasteiger partial charge in [-0.3, -0.25) is 14.6 Å². The number of fused-ring (bicyclic) bond motifs is 1. The van der Waals surface area contributed by atoms with E-state index >= 15 is 0 Å². The number of pyridine rings is 1.